The van der Waals surface area contributed by atoms with Gasteiger partial charge in [0, 0.05) is 23.3 Å². The van der Waals surface area contributed by atoms with Crippen LogP contribution in [0.1, 0.15) is 5.56 Å². The molecule has 0 unspecified atom stereocenters. The fourth-order valence-electron chi connectivity index (χ4n) is 1.69. The maximum atomic E-state index is 5.94. The molecule has 0 saturated heterocycles. The Balaban J connectivity index is 2.08. The van der Waals surface area contributed by atoms with Crippen molar-refractivity contribution >= 4 is 17.3 Å². The van der Waals surface area contributed by atoms with Crippen LogP contribution in [-0.4, -0.2) is 4.98 Å². The Morgan fingerprint density at radius 3 is 3.19 bits per heavy atom. The number of aromatic nitrogens is 1. The second kappa shape index (κ2) is 3.68. The van der Waals surface area contributed by atoms with Crippen LogP contribution >= 0.6 is 11.6 Å². The Bertz CT molecular complexity index is 542. The third kappa shape index (κ3) is 1.59. The Labute approximate surface area is 98.0 Å². The lowest BCUT2D eigenvalue weighted by atomic mass is 10.2. The average molecular weight is 233 g/mol. The predicted molar refractivity (Wildman–Crippen MR) is 63.1 cm³/mol. The molecule has 0 amide bonds. The van der Waals surface area contributed by atoms with E-state index in [1.807, 2.05) is 30.3 Å². The Hall–Kier alpha value is -1.74. The molecule has 80 valence electrons. The van der Waals surface area contributed by atoms with Gasteiger partial charge in [-0.1, -0.05) is 11.6 Å². The van der Waals surface area contributed by atoms with Crippen molar-refractivity contribution in [1.29, 1.82) is 0 Å². The van der Waals surface area contributed by atoms with Crippen LogP contribution in [0.5, 0.6) is 11.6 Å². The summed E-state index contributed by atoms with van der Waals surface area (Å²) in [4.78, 5) is 4.18. The molecule has 3 nitrogen and oxygen atoms in total. The molecule has 1 aromatic heterocycles. The number of anilines is 1. The highest BCUT2D eigenvalue weighted by atomic mass is 35.5. The van der Waals surface area contributed by atoms with Crippen LogP contribution in [0, 0.1) is 0 Å². The van der Waals surface area contributed by atoms with E-state index in [0.717, 1.165) is 17.0 Å². The molecule has 0 saturated carbocycles. The molecule has 0 atom stereocenters. The monoisotopic (exact) mass is 232 g/mol. The van der Waals surface area contributed by atoms with Gasteiger partial charge in [0.15, 0.2) is 0 Å². The van der Waals surface area contributed by atoms with E-state index in [1.165, 1.54) is 0 Å². The minimum Gasteiger partial charge on any atom is -0.437 e. The lowest BCUT2D eigenvalue weighted by Gasteiger charge is -2.06. The van der Waals surface area contributed by atoms with Crippen molar-refractivity contribution < 1.29 is 4.74 Å². The largest absolute Gasteiger partial charge is 0.437 e. The van der Waals surface area contributed by atoms with Crippen LogP contribution in [0.15, 0.2) is 36.5 Å². The van der Waals surface area contributed by atoms with Crippen molar-refractivity contribution in [2.75, 3.05) is 5.32 Å². The maximum Gasteiger partial charge on any atom is 0.242 e. The number of hydrogen-bond acceptors (Lipinski definition) is 3. The Morgan fingerprint density at radius 1 is 1.31 bits per heavy atom. The van der Waals surface area contributed by atoms with Crippen molar-refractivity contribution in [1.82, 2.24) is 4.98 Å². The average Bonchev–Trinajstić information content (AvgIpc) is 2.48. The number of nitrogens with one attached hydrogen (secondary N) is 1. The van der Waals surface area contributed by atoms with Crippen molar-refractivity contribution in [3.05, 3.63) is 47.1 Å². The standard InChI is InChI=1S/C12H9ClN2O/c13-9-3-4-11-8(6-9)7-15-10-2-1-5-14-12(10)16-11/h1-6,15H,7H2. The van der Waals surface area contributed by atoms with Crippen molar-refractivity contribution in [3.8, 4) is 11.6 Å². The number of ether oxygens (including phenoxy) is 1. The van der Waals surface area contributed by atoms with Gasteiger partial charge in [-0.15, -0.1) is 0 Å². The van der Waals surface area contributed by atoms with Crippen LogP contribution < -0.4 is 10.1 Å². The first-order valence-electron chi connectivity index (χ1n) is 4.98. The summed E-state index contributed by atoms with van der Waals surface area (Å²) in [5.41, 5.74) is 1.93. The second-order valence-electron chi connectivity index (χ2n) is 3.56. The van der Waals surface area contributed by atoms with E-state index >= 15 is 0 Å². The fourth-order valence-corrected chi connectivity index (χ4v) is 1.88. The lowest BCUT2D eigenvalue weighted by Crippen LogP contribution is -1.96. The van der Waals surface area contributed by atoms with Gasteiger partial charge in [-0.05, 0) is 30.3 Å². The highest BCUT2D eigenvalue weighted by Crippen LogP contribution is 2.34. The maximum absolute atomic E-state index is 5.94. The molecule has 3 rings (SSSR count). The molecule has 0 radical (unpaired) electrons. The molecule has 1 N–H and O–H groups in total. The number of fused-ring (bicyclic) bond motifs is 2. The smallest absolute Gasteiger partial charge is 0.242 e. The fraction of sp³-hybridized carbons (Fsp3) is 0.0833. The van der Waals surface area contributed by atoms with E-state index in [0.29, 0.717) is 17.4 Å². The van der Waals surface area contributed by atoms with E-state index in [2.05, 4.69) is 10.3 Å². The van der Waals surface area contributed by atoms with Crippen LogP contribution in [0.25, 0.3) is 0 Å². The molecule has 4 heteroatoms. The quantitative estimate of drug-likeness (QED) is 0.756. The van der Waals surface area contributed by atoms with Gasteiger partial charge in [-0.2, -0.15) is 0 Å². The van der Waals surface area contributed by atoms with Gasteiger partial charge in [-0.25, -0.2) is 4.98 Å². The molecule has 1 aliphatic heterocycles. The minimum atomic E-state index is 0.601. The van der Waals surface area contributed by atoms with Crippen molar-refractivity contribution in [2.45, 2.75) is 6.54 Å². The summed E-state index contributed by atoms with van der Waals surface area (Å²) in [6.45, 7) is 0.689. The molecular weight excluding hydrogens is 224 g/mol. The van der Waals surface area contributed by atoms with Crippen molar-refractivity contribution in [3.63, 3.8) is 0 Å². The topological polar surface area (TPSA) is 34.2 Å². The molecule has 0 fully saturated rings. The van der Waals surface area contributed by atoms with Crippen LogP contribution in [0.4, 0.5) is 5.69 Å². The Kier molecular flexibility index (Phi) is 2.18. The van der Waals surface area contributed by atoms with E-state index in [-0.39, 0.29) is 0 Å². The predicted octanol–water partition coefficient (Wildman–Crippen LogP) is 3.45. The number of rotatable bonds is 0. The number of hydrogen-bond donors (Lipinski definition) is 1. The zero-order valence-corrected chi connectivity index (χ0v) is 9.16. The van der Waals surface area contributed by atoms with Gasteiger partial charge in [0.25, 0.3) is 0 Å². The van der Waals surface area contributed by atoms with E-state index in [1.54, 1.807) is 6.20 Å². The van der Waals surface area contributed by atoms with Gasteiger partial charge >= 0.3 is 0 Å². The molecule has 1 aromatic carbocycles. The molecule has 0 aliphatic carbocycles. The molecule has 1 aliphatic rings. The zero-order chi connectivity index (χ0) is 11.0. The first kappa shape index (κ1) is 9.48. The first-order chi connectivity index (χ1) is 7.83. The highest BCUT2D eigenvalue weighted by Gasteiger charge is 2.14. The number of nitrogens with zero attached hydrogens (tertiary/aromatic N) is 1. The summed E-state index contributed by atoms with van der Waals surface area (Å²) in [5, 5.41) is 3.97. The third-order valence-electron chi connectivity index (χ3n) is 2.47. The number of benzene rings is 1. The van der Waals surface area contributed by atoms with E-state index in [4.69, 9.17) is 16.3 Å². The summed E-state index contributed by atoms with van der Waals surface area (Å²) in [5.74, 6) is 1.40. The van der Waals surface area contributed by atoms with E-state index in [9.17, 15) is 0 Å². The van der Waals surface area contributed by atoms with Crippen LogP contribution in [0.2, 0.25) is 5.02 Å². The van der Waals surface area contributed by atoms with E-state index < -0.39 is 0 Å². The van der Waals surface area contributed by atoms with Gasteiger partial charge in [0.2, 0.25) is 5.88 Å². The molecule has 0 spiro atoms. The van der Waals surface area contributed by atoms with Crippen molar-refractivity contribution in [2.24, 2.45) is 0 Å². The summed E-state index contributed by atoms with van der Waals surface area (Å²) in [7, 11) is 0. The number of halogens is 1. The summed E-state index contributed by atoms with van der Waals surface area (Å²) in [6.07, 6.45) is 1.71. The summed E-state index contributed by atoms with van der Waals surface area (Å²) < 4.78 is 5.73. The van der Waals surface area contributed by atoms with Crippen LogP contribution in [-0.2, 0) is 6.54 Å². The third-order valence-corrected chi connectivity index (χ3v) is 2.70. The van der Waals surface area contributed by atoms with Gasteiger partial charge in [-0.3, -0.25) is 0 Å². The molecule has 2 aromatic rings. The van der Waals surface area contributed by atoms with Gasteiger partial charge < -0.3 is 10.1 Å². The Morgan fingerprint density at radius 2 is 2.25 bits per heavy atom. The minimum absolute atomic E-state index is 0.601. The zero-order valence-electron chi connectivity index (χ0n) is 8.40. The molecule has 2 heterocycles. The molecule has 0 bridgehead atoms. The molecule has 16 heavy (non-hydrogen) atoms. The first-order valence-corrected chi connectivity index (χ1v) is 5.36. The summed E-state index contributed by atoms with van der Waals surface area (Å²) in [6, 6.07) is 9.39. The normalized spacial score (nSPS) is 12.8. The van der Waals surface area contributed by atoms with Gasteiger partial charge in [0.1, 0.15) is 5.75 Å². The summed E-state index contributed by atoms with van der Waals surface area (Å²) >= 11 is 5.94. The SMILES string of the molecule is Clc1ccc2c(c1)CNc1cccnc1O2. The lowest BCUT2D eigenvalue weighted by molar-refractivity contribution is 0.465. The van der Waals surface area contributed by atoms with Gasteiger partial charge in [0.05, 0.1) is 5.69 Å². The highest BCUT2D eigenvalue weighted by molar-refractivity contribution is 6.30. The molecular formula is C12H9ClN2O. The second-order valence-corrected chi connectivity index (χ2v) is 4.00. The van der Waals surface area contributed by atoms with Crippen LogP contribution in [0.3, 0.4) is 0 Å². The number of pyridine rings is 1.